The monoisotopic (exact) mass is 296 g/mol. The summed E-state index contributed by atoms with van der Waals surface area (Å²) in [5.41, 5.74) is 1.64. The van der Waals surface area contributed by atoms with Crippen LogP contribution in [0.2, 0.25) is 0 Å². The first-order chi connectivity index (χ1) is 10.8. The summed E-state index contributed by atoms with van der Waals surface area (Å²) >= 11 is 0. The fraction of sp³-hybridized carbons (Fsp3) is 0.333. The number of fused-ring (bicyclic) bond motifs is 1. The van der Waals surface area contributed by atoms with Crippen LogP contribution in [0.4, 0.5) is 0 Å². The lowest BCUT2D eigenvalue weighted by molar-refractivity contribution is -0.133. The Morgan fingerprint density at radius 3 is 2.23 bits per heavy atom. The molecule has 4 heteroatoms. The smallest absolute Gasteiger partial charge is 0.348 e. The van der Waals surface area contributed by atoms with E-state index in [9.17, 15) is 9.59 Å². The molecule has 0 saturated heterocycles. The zero-order chi connectivity index (χ0) is 15.1. The summed E-state index contributed by atoms with van der Waals surface area (Å²) in [6, 6.07) is 9.20. The molecule has 2 aliphatic heterocycles. The molecule has 0 N–H and O–H groups in total. The molecule has 0 amide bonds. The second-order valence-corrected chi connectivity index (χ2v) is 5.93. The summed E-state index contributed by atoms with van der Waals surface area (Å²) < 4.78 is 10.8. The highest BCUT2D eigenvalue weighted by Gasteiger charge is 2.45. The van der Waals surface area contributed by atoms with Crippen LogP contribution < -0.4 is 0 Å². The van der Waals surface area contributed by atoms with Crippen LogP contribution in [-0.2, 0) is 19.1 Å². The van der Waals surface area contributed by atoms with Gasteiger partial charge >= 0.3 is 11.9 Å². The van der Waals surface area contributed by atoms with Gasteiger partial charge in [0, 0.05) is 0 Å². The Labute approximate surface area is 128 Å². The maximum absolute atomic E-state index is 12.3. The average Bonchev–Trinajstić information content (AvgIpc) is 3.01. The van der Waals surface area contributed by atoms with Crippen molar-refractivity contribution in [2.45, 2.75) is 32.1 Å². The Bertz CT molecular complexity index is 706. The molecule has 1 fully saturated rings. The number of hydrogen-bond donors (Lipinski definition) is 0. The van der Waals surface area contributed by atoms with Gasteiger partial charge in [-0.1, -0.05) is 49.6 Å². The molecule has 0 atom stereocenters. The summed E-state index contributed by atoms with van der Waals surface area (Å²) in [5, 5.41) is 0. The molecule has 3 aliphatic rings. The zero-order valence-corrected chi connectivity index (χ0v) is 12.1. The van der Waals surface area contributed by atoms with E-state index in [0.29, 0.717) is 22.7 Å². The van der Waals surface area contributed by atoms with Crippen LogP contribution >= 0.6 is 0 Å². The second kappa shape index (κ2) is 5.13. The van der Waals surface area contributed by atoms with Gasteiger partial charge in [-0.3, -0.25) is 0 Å². The van der Waals surface area contributed by atoms with Gasteiger partial charge in [0.15, 0.2) is 11.5 Å². The molecule has 2 heterocycles. The number of esters is 2. The van der Waals surface area contributed by atoms with Gasteiger partial charge in [0.2, 0.25) is 0 Å². The highest BCUT2D eigenvalue weighted by molar-refractivity contribution is 6.22. The van der Waals surface area contributed by atoms with Gasteiger partial charge in [0.05, 0.1) is 5.57 Å². The molecule has 0 bridgehead atoms. The maximum atomic E-state index is 12.3. The van der Waals surface area contributed by atoms with Crippen molar-refractivity contribution in [1.82, 2.24) is 0 Å². The van der Waals surface area contributed by atoms with Crippen LogP contribution in [0.15, 0.2) is 47.4 Å². The Morgan fingerprint density at radius 1 is 0.818 bits per heavy atom. The molecule has 0 spiro atoms. The van der Waals surface area contributed by atoms with E-state index in [-0.39, 0.29) is 11.9 Å². The van der Waals surface area contributed by atoms with E-state index >= 15 is 0 Å². The van der Waals surface area contributed by atoms with Gasteiger partial charge < -0.3 is 9.47 Å². The number of ether oxygens (including phenoxy) is 2. The average molecular weight is 296 g/mol. The second-order valence-electron chi connectivity index (χ2n) is 5.93. The van der Waals surface area contributed by atoms with E-state index in [4.69, 9.17) is 9.47 Å². The van der Waals surface area contributed by atoms with Crippen LogP contribution in [0.3, 0.4) is 0 Å². The number of carbonyl (C=O) groups excluding carboxylic acids is 2. The van der Waals surface area contributed by atoms with Crippen LogP contribution in [0.25, 0.3) is 5.57 Å². The summed E-state index contributed by atoms with van der Waals surface area (Å²) in [4.78, 5) is 24.5. The first kappa shape index (κ1) is 13.3. The van der Waals surface area contributed by atoms with Crippen molar-refractivity contribution < 1.29 is 19.1 Å². The SMILES string of the molecule is O=C1OC2=C(C3CCCCC3)C(=O)OC2=C1c1ccccc1. The number of benzene rings is 1. The molecule has 4 nitrogen and oxygen atoms in total. The number of hydrogen-bond acceptors (Lipinski definition) is 4. The van der Waals surface area contributed by atoms with Crippen LogP contribution in [-0.4, -0.2) is 11.9 Å². The summed E-state index contributed by atoms with van der Waals surface area (Å²) in [7, 11) is 0. The third-order valence-electron chi connectivity index (χ3n) is 4.57. The van der Waals surface area contributed by atoms with Crippen molar-refractivity contribution in [2.24, 2.45) is 5.92 Å². The molecule has 0 aromatic heterocycles. The van der Waals surface area contributed by atoms with Crippen molar-refractivity contribution in [2.75, 3.05) is 0 Å². The predicted octanol–water partition coefficient (Wildman–Crippen LogP) is 3.35. The molecule has 1 saturated carbocycles. The minimum Gasteiger partial charge on any atom is -0.418 e. The third kappa shape index (κ3) is 1.98. The Kier molecular flexibility index (Phi) is 3.10. The first-order valence-corrected chi connectivity index (χ1v) is 7.74. The van der Waals surface area contributed by atoms with Gasteiger partial charge in [0.1, 0.15) is 5.57 Å². The molecule has 1 aliphatic carbocycles. The lowest BCUT2D eigenvalue weighted by Gasteiger charge is -2.21. The molecule has 4 rings (SSSR count). The van der Waals surface area contributed by atoms with Crippen molar-refractivity contribution >= 4 is 17.5 Å². The lowest BCUT2D eigenvalue weighted by Crippen LogP contribution is -2.16. The molecule has 112 valence electrons. The Morgan fingerprint density at radius 2 is 1.50 bits per heavy atom. The Hall–Kier alpha value is -2.36. The molecule has 0 unspecified atom stereocenters. The molecular weight excluding hydrogens is 280 g/mol. The minimum atomic E-state index is -0.433. The van der Waals surface area contributed by atoms with Crippen LogP contribution in [0, 0.1) is 5.92 Å². The largest absolute Gasteiger partial charge is 0.418 e. The van der Waals surface area contributed by atoms with Gasteiger partial charge in [-0.05, 0) is 24.3 Å². The van der Waals surface area contributed by atoms with Crippen molar-refractivity contribution in [3.63, 3.8) is 0 Å². The molecule has 22 heavy (non-hydrogen) atoms. The zero-order valence-electron chi connectivity index (χ0n) is 12.1. The molecule has 1 aromatic carbocycles. The fourth-order valence-corrected chi connectivity index (χ4v) is 3.51. The summed E-state index contributed by atoms with van der Waals surface area (Å²) in [6.45, 7) is 0. The molecule has 0 radical (unpaired) electrons. The van der Waals surface area contributed by atoms with E-state index in [1.807, 2.05) is 30.3 Å². The van der Waals surface area contributed by atoms with E-state index in [2.05, 4.69) is 0 Å². The van der Waals surface area contributed by atoms with E-state index < -0.39 is 5.97 Å². The van der Waals surface area contributed by atoms with E-state index in [1.54, 1.807) is 0 Å². The van der Waals surface area contributed by atoms with Crippen molar-refractivity contribution in [1.29, 1.82) is 0 Å². The van der Waals surface area contributed by atoms with Crippen LogP contribution in [0.1, 0.15) is 37.7 Å². The van der Waals surface area contributed by atoms with Crippen molar-refractivity contribution in [3.05, 3.63) is 53.0 Å². The van der Waals surface area contributed by atoms with Gasteiger partial charge in [-0.15, -0.1) is 0 Å². The Balaban J connectivity index is 1.80. The highest BCUT2D eigenvalue weighted by atomic mass is 16.6. The van der Waals surface area contributed by atoms with Crippen LogP contribution in [0.5, 0.6) is 0 Å². The van der Waals surface area contributed by atoms with Gasteiger partial charge in [0.25, 0.3) is 0 Å². The lowest BCUT2D eigenvalue weighted by atomic mass is 9.83. The van der Waals surface area contributed by atoms with E-state index in [0.717, 1.165) is 31.2 Å². The summed E-state index contributed by atoms with van der Waals surface area (Å²) in [5.74, 6) is 0.0361. The summed E-state index contributed by atoms with van der Waals surface area (Å²) in [6.07, 6.45) is 5.32. The third-order valence-corrected chi connectivity index (χ3v) is 4.57. The maximum Gasteiger partial charge on any atom is 0.348 e. The topological polar surface area (TPSA) is 52.6 Å². The number of carbonyl (C=O) groups is 2. The quantitative estimate of drug-likeness (QED) is 0.785. The highest BCUT2D eigenvalue weighted by Crippen LogP contribution is 2.44. The predicted molar refractivity (Wildman–Crippen MR) is 79.1 cm³/mol. The normalized spacial score (nSPS) is 22.0. The molecule has 1 aromatic rings. The van der Waals surface area contributed by atoms with Gasteiger partial charge in [-0.2, -0.15) is 0 Å². The molecular formula is C18H16O4. The fourth-order valence-electron chi connectivity index (χ4n) is 3.51. The minimum absolute atomic E-state index is 0.150. The first-order valence-electron chi connectivity index (χ1n) is 7.74. The van der Waals surface area contributed by atoms with E-state index in [1.165, 1.54) is 6.42 Å². The van der Waals surface area contributed by atoms with Crippen molar-refractivity contribution in [3.8, 4) is 0 Å². The standard InChI is InChI=1S/C18H16O4/c19-17-13(11-7-3-1-4-8-11)15-16(22-17)14(18(20)21-15)12-9-5-2-6-10-12/h1,3-4,7-8,12H,2,5-6,9-10H2. The van der Waals surface area contributed by atoms with Gasteiger partial charge in [-0.25, -0.2) is 9.59 Å². The number of rotatable bonds is 2.